The summed E-state index contributed by atoms with van der Waals surface area (Å²) in [5.74, 6) is 1.20. The number of nitrogens with zero attached hydrogens (tertiary/aromatic N) is 1. The predicted molar refractivity (Wildman–Crippen MR) is 125 cm³/mol. The zero-order valence-corrected chi connectivity index (χ0v) is 18.0. The summed E-state index contributed by atoms with van der Waals surface area (Å²) in [5.41, 5.74) is 1.27. The third-order valence-electron chi connectivity index (χ3n) is 4.14. The van der Waals surface area contributed by atoms with Gasteiger partial charge < -0.3 is 4.74 Å². The van der Waals surface area contributed by atoms with Crippen molar-refractivity contribution in [3.8, 4) is 11.5 Å². The molecule has 29 heavy (non-hydrogen) atoms. The molecule has 0 bridgehead atoms. The highest BCUT2D eigenvalue weighted by Gasteiger charge is 2.33. The molecule has 144 valence electrons. The fourth-order valence-corrected chi connectivity index (χ4v) is 4.55. The Morgan fingerprint density at radius 1 is 0.862 bits per heavy atom. The van der Waals surface area contributed by atoms with Crippen LogP contribution in [0.5, 0.6) is 11.5 Å². The van der Waals surface area contributed by atoms with Gasteiger partial charge in [0.05, 0.1) is 10.6 Å². The van der Waals surface area contributed by atoms with E-state index in [2.05, 4.69) is 0 Å². The molecule has 7 heteroatoms. The maximum Gasteiger partial charge on any atom is 0.270 e. The summed E-state index contributed by atoms with van der Waals surface area (Å²) in [6.45, 7) is 0. The van der Waals surface area contributed by atoms with Crippen molar-refractivity contribution in [3.05, 3.63) is 93.3 Å². The van der Waals surface area contributed by atoms with Crippen LogP contribution in [-0.4, -0.2) is 10.2 Å². The summed E-state index contributed by atoms with van der Waals surface area (Å²) < 4.78 is 6.24. The van der Waals surface area contributed by atoms with Gasteiger partial charge in [0.25, 0.3) is 5.91 Å². The first-order valence-corrected chi connectivity index (χ1v) is 10.6. The number of hydrogen-bond donors (Lipinski definition) is 0. The Morgan fingerprint density at radius 2 is 1.48 bits per heavy atom. The Bertz CT molecular complexity index is 1100. The number of thioether (sulfide) groups is 1. The van der Waals surface area contributed by atoms with E-state index in [0.29, 0.717) is 36.3 Å². The van der Waals surface area contributed by atoms with Gasteiger partial charge in [-0.3, -0.25) is 9.69 Å². The van der Waals surface area contributed by atoms with E-state index in [1.54, 1.807) is 48.5 Å². The molecule has 1 heterocycles. The normalized spacial score (nSPS) is 15.2. The molecular formula is C22H13Cl2NO2S2. The second-order valence-corrected chi connectivity index (χ2v) is 8.55. The Balaban J connectivity index is 1.57. The van der Waals surface area contributed by atoms with Crippen LogP contribution in [0.1, 0.15) is 5.56 Å². The van der Waals surface area contributed by atoms with Crippen LogP contribution in [0.25, 0.3) is 6.08 Å². The number of benzene rings is 3. The first-order chi connectivity index (χ1) is 14.0. The highest BCUT2D eigenvalue weighted by atomic mass is 35.5. The molecule has 1 aliphatic heterocycles. The lowest BCUT2D eigenvalue weighted by Gasteiger charge is -2.15. The first-order valence-electron chi connectivity index (χ1n) is 8.58. The number of carbonyl (C=O) groups excluding carboxylic acids is 1. The molecule has 1 fully saturated rings. The Morgan fingerprint density at radius 3 is 2.14 bits per heavy atom. The van der Waals surface area contributed by atoms with Crippen molar-refractivity contribution < 1.29 is 9.53 Å². The van der Waals surface area contributed by atoms with E-state index in [1.165, 1.54) is 16.7 Å². The number of rotatable bonds is 4. The summed E-state index contributed by atoms with van der Waals surface area (Å²) in [7, 11) is 0. The van der Waals surface area contributed by atoms with E-state index >= 15 is 0 Å². The van der Waals surface area contributed by atoms with Crippen LogP contribution in [0.15, 0.2) is 77.7 Å². The summed E-state index contributed by atoms with van der Waals surface area (Å²) in [6, 6.07) is 21.9. The van der Waals surface area contributed by atoms with Gasteiger partial charge in [-0.05, 0) is 54.6 Å². The highest BCUT2D eigenvalue weighted by molar-refractivity contribution is 8.27. The fourth-order valence-electron chi connectivity index (χ4n) is 2.76. The molecule has 0 N–H and O–H groups in total. The van der Waals surface area contributed by atoms with Gasteiger partial charge in [-0.1, -0.05) is 71.4 Å². The number of halogens is 2. The second kappa shape index (κ2) is 8.59. The lowest BCUT2D eigenvalue weighted by Crippen LogP contribution is -2.27. The molecule has 1 aliphatic rings. The Kier molecular flexibility index (Phi) is 5.92. The average molecular weight is 458 g/mol. The molecule has 0 radical (unpaired) electrons. The monoisotopic (exact) mass is 457 g/mol. The number of amides is 1. The zero-order chi connectivity index (χ0) is 20.4. The lowest BCUT2D eigenvalue weighted by molar-refractivity contribution is -0.113. The van der Waals surface area contributed by atoms with Crippen molar-refractivity contribution in [1.29, 1.82) is 0 Å². The van der Waals surface area contributed by atoms with Gasteiger partial charge in [-0.25, -0.2) is 0 Å². The van der Waals surface area contributed by atoms with Gasteiger partial charge in [0.2, 0.25) is 0 Å². The van der Waals surface area contributed by atoms with Gasteiger partial charge >= 0.3 is 0 Å². The summed E-state index contributed by atoms with van der Waals surface area (Å²) in [4.78, 5) is 14.9. The van der Waals surface area contributed by atoms with Crippen molar-refractivity contribution in [2.45, 2.75) is 0 Å². The molecule has 0 aliphatic carbocycles. The minimum atomic E-state index is -0.215. The molecular weight excluding hydrogens is 445 g/mol. The van der Waals surface area contributed by atoms with Crippen molar-refractivity contribution in [2.75, 3.05) is 4.90 Å². The fraction of sp³-hybridized carbons (Fsp3) is 0. The quantitative estimate of drug-likeness (QED) is 0.306. The lowest BCUT2D eigenvalue weighted by atomic mass is 10.2. The molecule has 0 spiro atoms. The number of thiocarbonyl (C=S) groups is 1. The van der Waals surface area contributed by atoms with Gasteiger partial charge in [0.15, 0.2) is 4.32 Å². The molecule has 0 aromatic heterocycles. The molecule has 3 nitrogen and oxygen atoms in total. The number of para-hydroxylation sites is 1. The Hall–Kier alpha value is -2.31. The van der Waals surface area contributed by atoms with Crippen molar-refractivity contribution in [2.24, 2.45) is 0 Å². The molecule has 0 saturated carbocycles. The number of ether oxygens (including phenoxy) is 1. The minimum absolute atomic E-state index is 0.215. The summed E-state index contributed by atoms with van der Waals surface area (Å²) >= 11 is 19.1. The third-order valence-corrected chi connectivity index (χ3v) is 6.10. The van der Waals surface area contributed by atoms with Crippen LogP contribution in [0.3, 0.4) is 0 Å². The van der Waals surface area contributed by atoms with Crippen LogP contribution >= 0.6 is 47.2 Å². The van der Waals surface area contributed by atoms with Crippen molar-refractivity contribution >= 4 is 69.2 Å². The van der Waals surface area contributed by atoms with E-state index in [0.717, 1.165) is 5.75 Å². The number of anilines is 1. The molecule has 4 rings (SSSR count). The zero-order valence-electron chi connectivity index (χ0n) is 14.8. The Labute approximate surface area is 187 Å². The first kappa shape index (κ1) is 20.0. The van der Waals surface area contributed by atoms with Gasteiger partial charge in [-0.15, -0.1) is 0 Å². The van der Waals surface area contributed by atoms with E-state index in [4.69, 9.17) is 40.2 Å². The van der Waals surface area contributed by atoms with E-state index in [1.807, 2.05) is 30.3 Å². The van der Waals surface area contributed by atoms with E-state index < -0.39 is 0 Å². The third kappa shape index (κ3) is 4.33. The topological polar surface area (TPSA) is 29.5 Å². The maximum atomic E-state index is 13.0. The number of hydrogen-bond acceptors (Lipinski definition) is 4. The minimum Gasteiger partial charge on any atom is -0.457 e. The van der Waals surface area contributed by atoms with E-state index in [9.17, 15) is 4.79 Å². The predicted octanol–water partition coefficient (Wildman–Crippen LogP) is 7.19. The second-order valence-electron chi connectivity index (χ2n) is 6.06. The SMILES string of the molecule is O=C1C(=Cc2c(Cl)cccc2Cl)SC(=S)N1c1ccc(Oc2ccccc2)cc1. The molecule has 1 amide bonds. The molecule has 3 aromatic rings. The highest BCUT2D eigenvalue weighted by Crippen LogP contribution is 2.38. The summed E-state index contributed by atoms with van der Waals surface area (Å²) in [6.07, 6.45) is 1.68. The van der Waals surface area contributed by atoms with Crippen LogP contribution in [0.2, 0.25) is 10.0 Å². The maximum absolute atomic E-state index is 13.0. The van der Waals surface area contributed by atoms with Crippen molar-refractivity contribution in [3.63, 3.8) is 0 Å². The molecule has 0 atom stereocenters. The van der Waals surface area contributed by atoms with Gasteiger partial charge in [0, 0.05) is 15.6 Å². The van der Waals surface area contributed by atoms with Crippen molar-refractivity contribution in [1.82, 2.24) is 0 Å². The van der Waals surface area contributed by atoms with Crippen LogP contribution in [-0.2, 0) is 4.79 Å². The van der Waals surface area contributed by atoms with Crippen LogP contribution in [0, 0.1) is 0 Å². The molecule has 1 saturated heterocycles. The van der Waals surface area contributed by atoms with Gasteiger partial charge in [0.1, 0.15) is 11.5 Å². The van der Waals surface area contributed by atoms with E-state index in [-0.39, 0.29) is 5.91 Å². The standard InChI is InChI=1S/C22H13Cl2NO2S2/c23-18-7-4-8-19(24)17(18)13-20-21(26)25(22(28)29-20)14-9-11-16(12-10-14)27-15-5-2-1-3-6-15/h1-13H. The largest absolute Gasteiger partial charge is 0.457 e. The molecule has 3 aromatic carbocycles. The smallest absolute Gasteiger partial charge is 0.270 e. The summed E-state index contributed by atoms with van der Waals surface area (Å²) in [5, 5.41) is 0.954. The van der Waals surface area contributed by atoms with Crippen LogP contribution < -0.4 is 9.64 Å². The van der Waals surface area contributed by atoms with Gasteiger partial charge in [-0.2, -0.15) is 0 Å². The number of carbonyl (C=O) groups is 1. The van der Waals surface area contributed by atoms with Crippen LogP contribution in [0.4, 0.5) is 5.69 Å². The molecule has 0 unspecified atom stereocenters. The average Bonchev–Trinajstić information content (AvgIpc) is 2.99.